The zero-order valence-electron chi connectivity index (χ0n) is 15.3. The Morgan fingerprint density at radius 2 is 1.54 bits per heavy atom. The lowest BCUT2D eigenvalue weighted by Gasteiger charge is -2.23. The Bertz CT molecular complexity index is 771. The molecule has 6 heteroatoms. The summed E-state index contributed by atoms with van der Waals surface area (Å²) in [5.74, 6) is 0.0684. The van der Waals surface area contributed by atoms with Crippen LogP contribution in [0.5, 0.6) is 0 Å². The Morgan fingerprint density at radius 1 is 0.923 bits per heavy atom. The van der Waals surface area contributed by atoms with Crippen LogP contribution in [-0.4, -0.2) is 57.8 Å². The average molecular weight is 352 g/mol. The van der Waals surface area contributed by atoms with E-state index in [-0.39, 0.29) is 11.8 Å². The Labute approximate surface area is 153 Å². The fourth-order valence-electron chi connectivity index (χ4n) is 3.31. The lowest BCUT2D eigenvalue weighted by molar-refractivity contribution is -0.130. The molecule has 1 fully saturated rings. The van der Waals surface area contributed by atoms with Crippen molar-refractivity contribution >= 4 is 11.8 Å². The van der Waals surface area contributed by atoms with Gasteiger partial charge in [-0.15, -0.1) is 0 Å². The third kappa shape index (κ3) is 4.07. The van der Waals surface area contributed by atoms with Gasteiger partial charge >= 0.3 is 0 Å². The van der Waals surface area contributed by atoms with Crippen LogP contribution in [0.25, 0.3) is 0 Å². The van der Waals surface area contributed by atoms with Gasteiger partial charge in [0.15, 0.2) is 0 Å². The molecule has 1 aromatic carbocycles. The van der Waals surface area contributed by atoms with Crippen molar-refractivity contribution in [1.29, 1.82) is 0 Å². The largest absolute Gasteiger partial charge is 0.341 e. The van der Waals surface area contributed by atoms with Gasteiger partial charge in [0, 0.05) is 26.2 Å². The van der Waals surface area contributed by atoms with Crippen molar-refractivity contribution in [2.45, 2.75) is 26.7 Å². The summed E-state index contributed by atoms with van der Waals surface area (Å²) in [6, 6.07) is 9.76. The minimum absolute atomic E-state index is 0.0436. The standard InChI is InChI=1S/C20H24N4O2/c1-15-19(16(2)22-14-21-15)20(26)24-10-6-9-23(11-12-24)18(25)13-17-7-4-3-5-8-17/h3-5,7-8,14H,6,9-13H2,1-2H3. The first-order valence-electron chi connectivity index (χ1n) is 8.95. The summed E-state index contributed by atoms with van der Waals surface area (Å²) in [5.41, 5.74) is 2.99. The number of amides is 2. The van der Waals surface area contributed by atoms with Crippen molar-refractivity contribution in [3.8, 4) is 0 Å². The van der Waals surface area contributed by atoms with E-state index >= 15 is 0 Å². The first-order valence-corrected chi connectivity index (χ1v) is 8.95. The van der Waals surface area contributed by atoms with E-state index in [2.05, 4.69) is 9.97 Å². The summed E-state index contributed by atoms with van der Waals surface area (Å²) in [5, 5.41) is 0. The SMILES string of the molecule is Cc1ncnc(C)c1C(=O)N1CCCN(C(=O)Cc2ccccc2)CC1. The molecule has 1 saturated heterocycles. The Hall–Kier alpha value is -2.76. The molecule has 26 heavy (non-hydrogen) atoms. The van der Waals surface area contributed by atoms with Gasteiger partial charge in [0.25, 0.3) is 5.91 Å². The van der Waals surface area contributed by atoms with Crippen LogP contribution in [0, 0.1) is 13.8 Å². The van der Waals surface area contributed by atoms with Crippen LogP contribution in [-0.2, 0) is 11.2 Å². The first-order chi connectivity index (χ1) is 12.6. The Kier molecular flexibility index (Phi) is 5.61. The molecule has 136 valence electrons. The highest BCUT2D eigenvalue weighted by atomic mass is 16.2. The lowest BCUT2D eigenvalue weighted by Crippen LogP contribution is -2.38. The highest BCUT2D eigenvalue weighted by Crippen LogP contribution is 2.14. The molecule has 2 amide bonds. The fourth-order valence-corrected chi connectivity index (χ4v) is 3.31. The van der Waals surface area contributed by atoms with E-state index < -0.39 is 0 Å². The number of benzene rings is 1. The molecule has 6 nitrogen and oxygen atoms in total. The second-order valence-corrected chi connectivity index (χ2v) is 6.61. The summed E-state index contributed by atoms with van der Waals surface area (Å²) in [4.78, 5) is 37.5. The molecule has 0 radical (unpaired) electrons. The molecule has 0 spiro atoms. The topological polar surface area (TPSA) is 66.4 Å². The van der Waals surface area contributed by atoms with Crippen molar-refractivity contribution in [3.05, 3.63) is 59.2 Å². The molecule has 0 bridgehead atoms. The summed E-state index contributed by atoms with van der Waals surface area (Å²) in [7, 11) is 0. The third-order valence-electron chi connectivity index (χ3n) is 4.77. The van der Waals surface area contributed by atoms with Crippen LogP contribution in [0.15, 0.2) is 36.7 Å². The molecule has 2 aromatic rings. The van der Waals surface area contributed by atoms with Crippen molar-refractivity contribution < 1.29 is 9.59 Å². The average Bonchev–Trinajstić information content (AvgIpc) is 2.88. The molecule has 0 atom stereocenters. The van der Waals surface area contributed by atoms with Crippen molar-refractivity contribution in [2.75, 3.05) is 26.2 Å². The second kappa shape index (κ2) is 8.08. The normalized spacial score (nSPS) is 14.8. The van der Waals surface area contributed by atoms with Crippen LogP contribution in [0.3, 0.4) is 0 Å². The Morgan fingerprint density at radius 3 is 2.23 bits per heavy atom. The highest BCUT2D eigenvalue weighted by molar-refractivity contribution is 5.96. The van der Waals surface area contributed by atoms with Gasteiger partial charge in [0.05, 0.1) is 23.4 Å². The molecule has 1 aliphatic heterocycles. The zero-order chi connectivity index (χ0) is 18.5. The minimum atomic E-state index is -0.0436. The second-order valence-electron chi connectivity index (χ2n) is 6.61. The molecule has 3 rings (SSSR count). The van der Waals surface area contributed by atoms with Gasteiger partial charge in [-0.2, -0.15) is 0 Å². The van der Waals surface area contributed by atoms with Gasteiger partial charge in [0.2, 0.25) is 5.91 Å². The predicted octanol–water partition coefficient (Wildman–Crippen LogP) is 2.01. The monoisotopic (exact) mass is 352 g/mol. The molecule has 1 aromatic heterocycles. The van der Waals surface area contributed by atoms with E-state index in [4.69, 9.17) is 0 Å². The fraction of sp³-hybridized carbons (Fsp3) is 0.400. The first kappa shape index (κ1) is 18.0. The number of rotatable bonds is 3. The summed E-state index contributed by atoms with van der Waals surface area (Å²) in [6.07, 6.45) is 2.66. The van der Waals surface area contributed by atoms with Crippen molar-refractivity contribution in [2.24, 2.45) is 0 Å². The maximum absolute atomic E-state index is 12.9. The van der Waals surface area contributed by atoms with Gasteiger partial charge in [0.1, 0.15) is 6.33 Å². The molecule has 0 saturated carbocycles. The van der Waals surface area contributed by atoms with Crippen LogP contribution in [0.1, 0.15) is 33.7 Å². The van der Waals surface area contributed by atoms with E-state index in [9.17, 15) is 9.59 Å². The number of nitrogens with zero attached hydrogens (tertiary/aromatic N) is 4. The van der Waals surface area contributed by atoms with E-state index in [1.54, 1.807) is 0 Å². The summed E-state index contributed by atoms with van der Waals surface area (Å²) >= 11 is 0. The number of aromatic nitrogens is 2. The predicted molar refractivity (Wildman–Crippen MR) is 98.8 cm³/mol. The molecule has 2 heterocycles. The van der Waals surface area contributed by atoms with E-state index in [0.29, 0.717) is 49.6 Å². The van der Waals surface area contributed by atoms with Crippen LogP contribution >= 0.6 is 0 Å². The van der Waals surface area contributed by atoms with Crippen molar-refractivity contribution in [1.82, 2.24) is 19.8 Å². The van der Waals surface area contributed by atoms with Gasteiger partial charge in [-0.05, 0) is 25.8 Å². The quantitative estimate of drug-likeness (QED) is 0.847. The minimum Gasteiger partial charge on any atom is -0.341 e. The molecular weight excluding hydrogens is 328 g/mol. The molecule has 0 unspecified atom stereocenters. The third-order valence-corrected chi connectivity index (χ3v) is 4.77. The number of carbonyl (C=O) groups excluding carboxylic acids is 2. The lowest BCUT2D eigenvalue weighted by atomic mass is 10.1. The van der Waals surface area contributed by atoms with Crippen LogP contribution in [0.4, 0.5) is 0 Å². The van der Waals surface area contributed by atoms with Gasteiger partial charge < -0.3 is 9.80 Å². The molecule has 0 N–H and O–H groups in total. The molecular formula is C20H24N4O2. The molecule has 1 aliphatic rings. The van der Waals surface area contributed by atoms with Gasteiger partial charge in [-0.3, -0.25) is 9.59 Å². The maximum Gasteiger partial charge on any atom is 0.257 e. The van der Waals surface area contributed by atoms with Gasteiger partial charge in [-0.25, -0.2) is 9.97 Å². The zero-order valence-corrected chi connectivity index (χ0v) is 15.3. The molecule has 0 aliphatic carbocycles. The summed E-state index contributed by atoms with van der Waals surface area (Å²) < 4.78 is 0. The van der Waals surface area contributed by atoms with E-state index in [1.165, 1.54) is 6.33 Å². The van der Waals surface area contributed by atoms with E-state index in [1.807, 2.05) is 54.0 Å². The number of hydrogen-bond donors (Lipinski definition) is 0. The number of carbonyl (C=O) groups is 2. The van der Waals surface area contributed by atoms with Crippen LogP contribution < -0.4 is 0 Å². The van der Waals surface area contributed by atoms with Gasteiger partial charge in [-0.1, -0.05) is 30.3 Å². The smallest absolute Gasteiger partial charge is 0.257 e. The van der Waals surface area contributed by atoms with Crippen LogP contribution in [0.2, 0.25) is 0 Å². The number of hydrogen-bond acceptors (Lipinski definition) is 4. The van der Waals surface area contributed by atoms with E-state index in [0.717, 1.165) is 12.0 Å². The summed E-state index contributed by atoms with van der Waals surface area (Å²) in [6.45, 7) is 6.07. The maximum atomic E-state index is 12.9. The van der Waals surface area contributed by atoms with Crippen molar-refractivity contribution in [3.63, 3.8) is 0 Å². The Balaban J connectivity index is 1.64. The number of aryl methyl sites for hydroxylation is 2. The highest BCUT2D eigenvalue weighted by Gasteiger charge is 2.25.